The summed E-state index contributed by atoms with van der Waals surface area (Å²) in [5, 5.41) is 6.06. The van der Waals surface area contributed by atoms with Crippen LogP contribution in [0.3, 0.4) is 0 Å². The van der Waals surface area contributed by atoms with Crippen LogP contribution < -0.4 is 16.4 Å². The molecule has 0 radical (unpaired) electrons. The van der Waals surface area contributed by atoms with E-state index in [4.69, 9.17) is 5.73 Å². The number of aryl methyl sites for hydroxylation is 1. The van der Waals surface area contributed by atoms with Gasteiger partial charge in [0.05, 0.1) is 18.4 Å². The van der Waals surface area contributed by atoms with Gasteiger partial charge in [0.2, 0.25) is 0 Å². The van der Waals surface area contributed by atoms with Crippen molar-refractivity contribution >= 4 is 40.1 Å². The van der Waals surface area contributed by atoms with Gasteiger partial charge in [-0.25, -0.2) is 9.97 Å². The Labute approximate surface area is 225 Å². The topological polar surface area (TPSA) is 127 Å². The molecule has 0 saturated heterocycles. The molecule has 0 saturated carbocycles. The Bertz CT molecular complexity index is 1360. The zero-order chi connectivity index (χ0) is 29.2. The molecule has 2 aromatic heterocycles. The highest BCUT2D eigenvalue weighted by molar-refractivity contribution is 6.26. The molecule has 0 aliphatic carbocycles. The van der Waals surface area contributed by atoms with E-state index < -0.39 is 11.9 Å². The molecule has 3 rings (SSSR count). The van der Waals surface area contributed by atoms with Crippen molar-refractivity contribution in [3.8, 4) is 0 Å². The number of nitrogens with zero attached hydrogens (tertiary/aromatic N) is 4. The molecule has 0 bridgehead atoms. The second kappa shape index (κ2) is 14.2. The third-order valence-corrected chi connectivity index (χ3v) is 5.56. The third-order valence-electron chi connectivity index (χ3n) is 5.56. The van der Waals surface area contributed by atoms with Gasteiger partial charge < -0.3 is 16.4 Å². The van der Waals surface area contributed by atoms with Crippen molar-refractivity contribution in [1.29, 1.82) is 0 Å². The minimum Gasteiger partial charge on any atom is -0.352 e. The zero-order valence-electron chi connectivity index (χ0n) is 22.7. The number of carbonyl (C=O) groups excluding carboxylic acids is 2. The molecule has 3 aromatic rings. The van der Waals surface area contributed by atoms with Gasteiger partial charge in [0.15, 0.2) is 11.5 Å². The molecule has 9 nitrogen and oxygen atoms in total. The number of Topliss-reactive ketones (excluding diaryl/α,β-unsaturated/α-hetero) is 1. The van der Waals surface area contributed by atoms with Crippen LogP contribution in [0.25, 0.3) is 11.2 Å². The maximum atomic E-state index is 13.5. The highest BCUT2D eigenvalue weighted by Gasteiger charge is 2.38. The lowest BCUT2D eigenvalue weighted by Crippen LogP contribution is -2.25. The standard InChI is InChI=1S/C24H27F3N6O.C3H7NO/c1-5-10-30-23(34)18-9-8-16(13-15(18)6-2)32-21-22-31-14-19(33(22)12-11-29-21)17(7-3)20(28-4)24(25,26)27;1-3(5)2-4/h7-9,11-14H,5-6,10H2,1-4H3,(H,29,32)(H,30,34);2,4H2,1H3/b17-7-,28-20?;. The second-order valence-corrected chi connectivity index (χ2v) is 8.40. The van der Waals surface area contributed by atoms with Gasteiger partial charge in [0.25, 0.3) is 5.91 Å². The van der Waals surface area contributed by atoms with E-state index in [0.717, 1.165) is 19.0 Å². The van der Waals surface area contributed by atoms with Crippen LogP contribution in [-0.4, -0.2) is 58.1 Å². The minimum absolute atomic E-state index is 0.0324. The third kappa shape index (κ3) is 7.96. The average Bonchev–Trinajstić information content (AvgIpc) is 3.34. The molecular weight excluding hydrogens is 511 g/mol. The summed E-state index contributed by atoms with van der Waals surface area (Å²) in [5.41, 5.74) is 6.53. The number of benzene rings is 1. The largest absolute Gasteiger partial charge is 0.433 e. The number of carbonyl (C=O) groups is 2. The maximum Gasteiger partial charge on any atom is 0.433 e. The van der Waals surface area contributed by atoms with Gasteiger partial charge in [-0.3, -0.25) is 19.0 Å². The molecule has 0 spiro atoms. The first kappa shape index (κ1) is 31.2. The van der Waals surface area contributed by atoms with Crippen molar-refractivity contribution in [3.63, 3.8) is 0 Å². The fourth-order valence-electron chi connectivity index (χ4n) is 3.67. The predicted molar refractivity (Wildman–Crippen MR) is 148 cm³/mol. The molecule has 1 amide bonds. The first-order valence-electron chi connectivity index (χ1n) is 12.4. The number of hydrogen-bond acceptors (Lipinski definition) is 7. The Morgan fingerprint density at radius 1 is 1.21 bits per heavy atom. The Kier molecular flexibility index (Phi) is 11.3. The van der Waals surface area contributed by atoms with E-state index in [9.17, 15) is 22.8 Å². The van der Waals surface area contributed by atoms with Gasteiger partial charge in [0, 0.05) is 42.8 Å². The fraction of sp³-hybridized carbons (Fsp3) is 0.370. The lowest BCUT2D eigenvalue weighted by Gasteiger charge is -2.14. The van der Waals surface area contributed by atoms with E-state index in [1.54, 1.807) is 18.3 Å². The Morgan fingerprint density at radius 2 is 1.90 bits per heavy atom. The van der Waals surface area contributed by atoms with Crippen LogP contribution in [0.5, 0.6) is 0 Å². The van der Waals surface area contributed by atoms with Crippen molar-refractivity contribution in [1.82, 2.24) is 19.7 Å². The van der Waals surface area contributed by atoms with Gasteiger partial charge in [0.1, 0.15) is 11.5 Å². The van der Waals surface area contributed by atoms with Crippen molar-refractivity contribution < 1.29 is 22.8 Å². The van der Waals surface area contributed by atoms with Crippen LogP contribution >= 0.6 is 0 Å². The number of rotatable bonds is 9. The van der Waals surface area contributed by atoms with Crippen molar-refractivity contribution in [2.45, 2.75) is 46.7 Å². The summed E-state index contributed by atoms with van der Waals surface area (Å²) in [6.07, 6.45) is 2.66. The summed E-state index contributed by atoms with van der Waals surface area (Å²) in [6, 6.07) is 5.37. The molecule has 12 heteroatoms. The van der Waals surface area contributed by atoms with Crippen LogP contribution in [0.1, 0.15) is 55.7 Å². The van der Waals surface area contributed by atoms with Crippen LogP contribution in [-0.2, 0) is 11.2 Å². The number of amides is 1. The van der Waals surface area contributed by atoms with Crippen LogP contribution in [0, 0.1) is 0 Å². The molecule has 4 N–H and O–H groups in total. The first-order chi connectivity index (χ1) is 18.5. The minimum atomic E-state index is -4.60. The predicted octanol–water partition coefficient (Wildman–Crippen LogP) is 4.75. The Balaban J connectivity index is 0.000000976. The lowest BCUT2D eigenvalue weighted by molar-refractivity contribution is -0.115. The number of nitrogens with one attached hydrogen (secondary N) is 2. The summed E-state index contributed by atoms with van der Waals surface area (Å²) in [4.78, 5) is 34.2. The van der Waals surface area contributed by atoms with Gasteiger partial charge in [-0.1, -0.05) is 19.9 Å². The van der Waals surface area contributed by atoms with E-state index >= 15 is 0 Å². The number of aromatic nitrogens is 3. The molecule has 0 fully saturated rings. The summed E-state index contributed by atoms with van der Waals surface area (Å²) in [5.74, 6) is 0.279. The molecule has 0 aliphatic rings. The van der Waals surface area contributed by atoms with Gasteiger partial charge in [-0.2, -0.15) is 13.2 Å². The number of halogens is 3. The highest BCUT2D eigenvalue weighted by Crippen LogP contribution is 2.30. The van der Waals surface area contributed by atoms with E-state index in [2.05, 4.69) is 25.6 Å². The summed E-state index contributed by atoms with van der Waals surface area (Å²) in [7, 11) is 1.11. The quantitative estimate of drug-likeness (QED) is 0.333. The molecule has 2 heterocycles. The number of hydrogen-bond donors (Lipinski definition) is 3. The van der Waals surface area contributed by atoms with Crippen molar-refractivity contribution in [2.24, 2.45) is 10.7 Å². The highest BCUT2D eigenvalue weighted by atomic mass is 19.4. The van der Waals surface area contributed by atoms with Gasteiger partial charge in [-0.15, -0.1) is 0 Å². The second-order valence-electron chi connectivity index (χ2n) is 8.40. The molecule has 210 valence electrons. The van der Waals surface area contributed by atoms with Crippen molar-refractivity contribution in [2.75, 3.05) is 25.5 Å². The van der Waals surface area contributed by atoms with E-state index in [1.165, 1.54) is 36.7 Å². The number of ketones is 1. The number of fused-ring (bicyclic) bond motifs is 1. The number of alkyl halides is 3. The van der Waals surface area contributed by atoms with E-state index in [0.29, 0.717) is 35.7 Å². The number of anilines is 2. The number of imidazole rings is 1. The van der Waals surface area contributed by atoms with Crippen LogP contribution in [0.4, 0.5) is 24.7 Å². The molecule has 1 aromatic carbocycles. The van der Waals surface area contributed by atoms with E-state index in [-0.39, 0.29) is 29.5 Å². The summed E-state index contributed by atoms with van der Waals surface area (Å²) in [6.45, 7) is 7.70. The normalized spacial score (nSPS) is 12.1. The smallest absolute Gasteiger partial charge is 0.352 e. The molecule has 0 aliphatic heterocycles. The Morgan fingerprint density at radius 3 is 2.44 bits per heavy atom. The maximum absolute atomic E-state index is 13.5. The zero-order valence-corrected chi connectivity index (χ0v) is 22.7. The fourth-order valence-corrected chi connectivity index (χ4v) is 3.67. The van der Waals surface area contributed by atoms with Crippen molar-refractivity contribution in [3.05, 3.63) is 59.7 Å². The number of nitrogens with two attached hydrogens (primary N) is 1. The van der Waals surface area contributed by atoms with Crippen LogP contribution in [0.2, 0.25) is 0 Å². The van der Waals surface area contributed by atoms with Gasteiger partial charge in [-0.05, 0) is 50.5 Å². The number of allylic oxidation sites excluding steroid dienone is 2. The SMILES string of the molecule is C/C=C(\C(=NC)C(F)(F)F)c1cnc2c(Nc3ccc(C(=O)NCCC)c(CC)c3)nccn12.CC(=O)CN. The Hall–Kier alpha value is -4.06. The number of aliphatic imine (C=N–C) groups is 1. The van der Waals surface area contributed by atoms with Crippen LogP contribution in [0.15, 0.2) is 47.9 Å². The summed E-state index contributed by atoms with van der Waals surface area (Å²) < 4.78 is 42.0. The van der Waals surface area contributed by atoms with E-state index in [1.807, 2.05) is 19.9 Å². The average molecular weight is 546 g/mol. The molecular formula is C27H34F3N7O2. The summed E-state index contributed by atoms with van der Waals surface area (Å²) >= 11 is 0. The molecule has 39 heavy (non-hydrogen) atoms. The first-order valence-corrected chi connectivity index (χ1v) is 12.4. The monoisotopic (exact) mass is 545 g/mol. The van der Waals surface area contributed by atoms with Gasteiger partial charge >= 0.3 is 6.18 Å². The molecule has 0 unspecified atom stereocenters. The lowest BCUT2D eigenvalue weighted by atomic mass is 10.0. The molecule has 0 atom stereocenters.